The van der Waals surface area contributed by atoms with Gasteiger partial charge in [-0.1, -0.05) is 37.6 Å². The summed E-state index contributed by atoms with van der Waals surface area (Å²) in [5, 5.41) is 0.211. The molecule has 1 aliphatic rings. The predicted molar refractivity (Wildman–Crippen MR) is 86.2 cm³/mol. The van der Waals surface area contributed by atoms with Crippen molar-refractivity contribution in [3.63, 3.8) is 0 Å². The zero-order valence-electron chi connectivity index (χ0n) is 12.8. The van der Waals surface area contributed by atoms with Crippen molar-refractivity contribution < 1.29 is 13.2 Å². The number of nitrogens with one attached hydrogen (secondary N) is 1. The van der Waals surface area contributed by atoms with Gasteiger partial charge in [-0.2, -0.15) is 0 Å². The molecule has 1 heterocycles. The molecule has 22 heavy (non-hydrogen) atoms. The van der Waals surface area contributed by atoms with Gasteiger partial charge < -0.3 is 4.90 Å². The average Bonchev–Trinajstić information content (AvgIpc) is 2.47. The number of piperidine rings is 1. The Morgan fingerprint density at radius 3 is 2.41 bits per heavy atom. The highest BCUT2D eigenvalue weighted by Gasteiger charge is 2.28. The van der Waals surface area contributed by atoms with Crippen LogP contribution in [-0.2, 0) is 14.8 Å². The lowest BCUT2D eigenvalue weighted by molar-refractivity contribution is -0.135. The van der Waals surface area contributed by atoms with Gasteiger partial charge in [0.15, 0.2) is 0 Å². The first-order chi connectivity index (χ1) is 10.3. The molecule has 0 unspecified atom stereocenters. The molecule has 122 valence electrons. The number of carbonyl (C=O) groups excluding carboxylic acids is 1. The molecule has 2 rings (SSSR count). The van der Waals surface area contributed by atoms with Gasteiger partial charge in [-0.05, 0) is 25.0 Å². The fourth-order valence-electron chi connectivity index (χ4n) is 2.53. The molecule has 1 amide bonds. The Hall–Kier alpha value is -1.11. The minimum absolute atomic E-state index is 0.0311. The van der Waals surface area contributed by atoms with Gasteiger partial charge in [0.1, 0.15) is 4.90 Å². The van der Waals surface area contributed by atoms with E-state index in [1.807, 2.05) is 13.8 Å². The molecule has 1 aromatic carbocycles. The molecule has 1 aromatic rings. The fourth-order valence-corrected chi connectivity index (χ4v) is 4.35. The summed E-state index contributed by atoms with van der Waals surface area (Å²) < 4.78 is 27.4. The lowest BCUT2D eigenvalue weighted by atomic mass is 10.0. The van der Waals surface area contributed by atoms with Crippen LogP contribution >= 0.6 is 11.6 Å². The third-order valence-electron chi connectivity index (χ3n) is 3.75. The molecule has 0 aromatic heterocycles. The van der Waals surface area contributed by atoms with Gasteiger partial charge in [-0.15, -0.1) is 0 Å². The standard InChI is InChI=1S/C15H21ClN2O3S/c1-11(2)15(19)18-9-7-12(8-10-18)17-22(20,21)14-6-4-3-5-13(14)16/h3-6,11-12,17H,7-10H2,1-2H3. The van der Waals surface area contributed by atoms with Crippen molar-refractivity contribution in [3.05, 3.63) is 29.3 Å². The summed E-state index contributed by atoms with van der Waals surface area (Å²) in [4.78, 5) is 13.8. The molecule has 1 N–H and O–H groups in total. The first-order valence-electron chi connectivity index (χ1n) is 7.37. The van der Waals surface area contributed by atoms with Crippen molar-refractivity contribution in [1.82, 2.24) is 9.62 Å². The summed E-state index contributed by atoms with van der Waals surface area (Å²) in [5.41, 5.74) is 0. The summed E-state index contributed by atoms with van der Waals surface area (Å²) in [5.74, 6) is 0.0868. The molecule has 5 nitrogen and oxygen atoms in total. The number of sulfonamides is 1. The Labute approximate surface area is 136 Å². The van der Waals surface area contributed by atoms with Gasteiger partial charge in [0.2, 0.25) is 15.9 Å². The Bertz CT molecular complexity index is 638. The molecule has 0 atom stereocenters. The summed E-state index contributed by atoms with van der Waals surface area (Å²) in [6.07, 6.45) is 1.23. The van der Waals surface area contributed by atoms with Crippen molar-refractivity contribution in [3.8, 4) is 0 Å². The Morgan fingerprint density at radius 1 is 1.27 bits per heavy atom. The molecule has 7 heteroatoms. The number of likely N-dealkylation sites (tertiary alicyclic amines) is 1. The normalized spacial score (nSPS) is 17.0. The third-order valence-corrected chi connectivity index (χ3v) is 5.77. The van der Waals surface area contributed by atoms with Crippen LogP contribution in [0.4, 0.5) is 0 Å². The van der Waals surface area contributed by atoms with Gasteiger partial charge >= 0.3 is 0 Å². The number of benzene rings is 1. The summed E-state index contributed by atoms with van der Waals surface area (Å²) in [6.45, 7) is 4.89. The molecule has 0 aliphatic carbocycles. The van der Waals surface area contributed by atoms with E-state index in [2.05, 4.69) is 4.72 Å². The SMILES string of the molecule is CC(C)C(=O)N1CCC(NS(=O)(=O)c2ccccc2Cl)CC1. The van der Waals surface area contributed by atoms with Gasteiger partial charge in [-0.25, -0.2) is 13.1 Å². The zero-order chi connectivity index (χ0) is 16.3. The van der Waals surface area contributed by atoms with Crippen LogP contribution < -0.4 is 4.72 Å². The van der Waals surface area contributed by atoms with Crippen LogP contribution in [-0.4, -0.2) is 38.4 Å². The second-order valence-electron chi connectivity index (χ2n) is 5.81. The summed E-state index contributed by atoms with van der Waals surface area (Å²) in [7, 11) is -3.63. The maximum absolute atomic E-state index is 12.4. The van der Waals surface area contributed by atoms with Crippen LogP contribution in [0.5, 0.6) is 0 Å². The van der Waals surface area contributed by atoms with Crippen LogP contribution in [0, 0.1) is 5.92 Å². The minimum atomic E-state index is -3.63. The average molecular weight is 345 g/mol. The maximum Gasteiger partial charge on any atom is 0.242 e. The smallest absolute Gasteiger partial charge is 0.242 e. The van der Waals surface area contributed by atoms with Gasteiger partial charge in [-0.3, -0.25) is 4.79 Å². The van der Waals surface area contributed by atoms with Crippen LogP contribution in [0.25, 0.3) is 0 Å². The molecular formula is C15H21ClN2O3S. The largest absolute Gasteiger partial charge is 0.342 e. The molecular weight excluding hydrogens is 324 g/mol. The highest BCUT2D eigenvalue weighted by atomic mass is 35.5. The number of amides is 1. The molecule has 0 spiro atoms. The third kappa shape index (κ3) is 4.00. The van der Waals surface area contributed by atoms with E-state index in [0.717, 1.165) is 0 Å². The number of halogens is 1. The fraction of sp³-hybridized carbons (Fsp3) is 0.533. The van der Waals surface area contributed by atoms with Gasteiger partial charge in [0.05, 0.1) is 5.02 Å². The van der Waals surface area contributed by atoms with E-state index >= 15 is 0 Å². The molecule has 1 aliphatic heterocycles. The monoisotopic (exact) mass is 344 g/mol. The number of carbonyl (C=O) groups is 1. The first kappa shape index (κ1) is 17.2. The molecule has 0 bridgehead atoms. The summed E-state index contributed by atoms with van der Waals surface area (Å²) in [6, 6.07) is 6.21. The zero-order valence-corrected chi connectivity index (χ0v) is 14.3. The second kappa shape index (κ2) is 6.98. The van der Waals surface area contributed by atoms with Crippen LogP contribution in [0.1, 0.15) is 26.7 Å². The van der Waals surface area contributed by atoms with E-state index in [1.165, 1.54) is 6.07 Å². The van der Waals surface area contributed by atoms with Crippen molar-refractivity contribution in [2.45, 2.75) is 37.6 Å². The van der Waals surface area contributed by atoms with Crippen LogP contribution in [0.15, 0.2) is 29.2 Å². The number of rotatable bonds is 4. The van der Waals surface area contributed by atoms with Gasteiger partial charge in [0, 0.05) is 25.0 Å². The molecule has 1 saturated heterocycles. The van der Waals surface area contributed by atoms with E-state index in [1.54, 1.807) is 23.1 Å². The number of nitrogens with zero attached hydrogens (tertiary/aromatic N) is 1. The molecule has 0 radical (unpaired) electrons. The highest BCUT2D eigenvalue weighted by molar-refractivity contribution is 7.89. The Morgan fingerprint density at radius 2 is 1.86 bits per heavy atom. The minimum Gasteiger partial charge on any atom is -0.342 e. The van der Waals surface area contributed by atoms with Crippen molar-refractivity contribution in [2.24, 2.45) is 5.92 Å². The molecule has 0 saturated carbocycles. The topological polar surface area (TPSA) is 66.5 Å². The summed E-state index contributed by atoms with van der Waals surface area (Å²) >= 11 is 5.95. The van der Waals surface area contributed by atoms with Gasteiger partial charge in [0.25, 0.3) is 0 Å². The molecule has 1 fully saturated rings. The Balaban J connectivity index is 1.99. The van der Waals surface area contributed by atoms with E-state index in [0.29, 0.717) is 25.9 Å². The number of hydrogen-bond donors (Lipinski definition) is 1. The van der Waals surface area contributed by atoms with Crippen LogP contribution in [0.3, 0.4) is 0 Å². The predicted octanol–water partition coefficient (Wildman–Crippen LogP) is 2.27. The number of hydrogen-bond acceptors (Lipinski definition) is 3. The van der Waals surface area contributed by atoms with Crippen molar-refractivity contribution >= 4 is 27.5 Å². The highest BCUT2D eigenvalue weighted by Crippen LogP contribution is 2.22. The lowest BCUT2D eigenvalue weighted by Crippen LogP contribution is -2.47. The van der Waals surface area contributed by atoms with E-state index in [-0.39, 0.29) is 27.8 Å². The second-order valence-corrected chi connectivity index (χ2v) is 7.90. The maximum atomic E-state index is 12.4. The quantitative estimate of drug-likeness (QED) is 0.911. The van der Waals surface area contributed by atoms with Crippen molar-refractivity contribution in [1.29, 1.82) is 0 Å². The lowest BCUT2D eigenvalue weighted by Gasteiger charge is -2.33. The Kier molecular flexibility index (Phi) is 5.47. The first-order valence-corrected chi connectivity index (χ1v) is 9.23. The van der Waals surface area contributed by atoms with Crippen LogP contribution in [0.2, 0.25) is 5.02 Å². The van der Waals surface area contributed by atoms with E-state index in [9.17, 15) is 13.2 Å². The van der Waals surface area contributed by atoms with E-state index in [4.69, 9.17) is 11.6 Å². The van der Waals surface area contributed by atoms with Crippen molar-refractivity contribution in [2.75, 3.05) is 13.1 Å². The van der Waals surface area contributed by atoms with E-state index < -0.39 is 10.0 Å².